The molecular weight excluding hydrogens is 362 g/mol. The fourth-order valence-corrected chi connectivity index (χ4v) is 5.31. The van der Waals surface area contributed by atoms with E-state index in [4.69, 9.17) is 9.97 Å². The Kier molecular flexibility index (Phi) is 4.57. The van der Waals surface area contributed by atoms with Crippen LogP contribution in [0.4, 0.5) is 5.82 Å². The van der Waals surface area contributed by atoms with E-state index < -0.39 is 0 Å². The Hall–Kier alpha value is -2.72. The first-order valence-corrected chi connectivity index (χ1v) is 10.8. The molecule has 0 bridgehead atoms. The van der Waals surface area contributed by atoms with Gasteiger partial charge in [0.1, 0.15) is 16.5 Å². The summed E-state index contributed by atoms with van der Waals surface area (Å²) in [7, 11) is 0. The van der Waals surface area contributed by atoms with Gasteiger partial charge >= 0.3 is 0 Å². The summed E-state index contributed by atoms with van der Waals surface area (Å²) in [5, 5.41) is 4.95. The van der Waals surface area contributed by atoms with Crippen LogP contribution in [0.1, 0.15) is 46.8 Å². The van der Waals surface area contributed by atoms with Crippen LogP contribution in [0.15, 0.2) is 60.7 Å². The number of benzene rings is 2. The van der Waals surface area contributed by atoms with Crippen molar-refractivity contribution in [2.45, 2.75) is 38.6 Å². The normalized spacial score (nSPS) is 14.2. The minimum Gasteiger partial charge on any atom is -0.363 e. The third kappa shape index (κ3) is 3.29. The molecule has 0 fully saturated rings. The molecule has 0 radical (unpaired) electrons. The number of thiophene rings is 1. The molecule has 3 nitrogen and oxygen atoms in total. The van der Waals surface area contributed by atoms with Crippen molar-refractivity contribution in [1.82, 2.24) is 9.97 Å². The predicted molar refractivity (Wildman–Crippen MR) is 117 cm³/mol. The van der Waals surface area contributed by atoms with Gasteiger partial charge in [-0.05, 0) is 42.9 Å². The van der Waals surface area contributed by atoms with Gasteiger partial charge in [-0.15, -0.1) is 11.3 Å². The average molecular weight is 386 g/mol. The minimum atomic E-state index is 0.195. The largest absolute Gasteiger partial charge is 0.363 e. The molecule has 0 aliphatic heterocycles. The Balaban J connectivity index is 1.56. The Morgan fingerprint density at radius 2 is 1.71 bits per heavy atom. The maximum atomic E-state index is 5.00. The molecule has 4 aromatic rings. The van der Waals surface area contributed by atoms with Crippen LogP contribution >= 0.6 is 11.3 Å². The summed E-state index contributed by atoms with van der Waals surface area (Å²) >= 11 is 1.86. The molecule has 1 unspecified atom stereocenters. The van der Waals surface area contributed by atoms with Crippen molar-refractivity contribution in [3.63, 3.8) is 0 Å². The molecule has 4 heteroatoms. The fourth-order valence-electron chi connectivity index (χ4n) is 4.03. The number of nitrogens with one attached hydrogen (secondary N) is 1. The van der Waals surface area contributed by atoms with Crippen LogP contribution in [0.5, 0.6) is 0 Å². The molecule has 1 aliphatic carbocycles. The highest BCUT2D eigenvalue weighted by atomic mass is 32.1. The molecule has 0 saturated carbocycles. The first-order chi connectivity index (χ1) is 13.8. The molecular formula is C24H23N3S. The van der Waals surface area contributed by atoms with Gasteiger partial charge in [0.2, 0.25) is 0 Å². The summed E-state index contributed by atoms with van der Waals surface area (Å²) < 4.78 is 0. The Morgan fingerprint density at radius 1 is 0.964 bits per heavy atom. The van der Waals surface area contributed by atoms with Gasteiger partial charge < -0.3 is 5.32 Å². The molecule has 5 rings (SSSR count). The van der Waals surface area contributed by atoms with E-state index in [-0.39, 0.29) is 6.04 Å². The van der Waals surface area contributed by atoms with E-state index in [0.717, 1.165) is 29.3 Å². The van der Waals surface area contributed by atoms with Crippen LogP contribution in [0, 0.1) is 0 Å². The van der Waals surface area contributed by atoms with E-state index in [1.165, 1.54) is 39.8 Å². The summed E-state index contributed by atoms with van der Waals surface area (Å²) in [5.74, 6) is 1.88. The van der Waals surface area contributed by atoms with Crippen LogP contribution < -0.4 is 5.32 Å². The van der Waals surface area contributed by atoms with Crippen LogP contribution in [-0.4, -0.2) is 9.97 Å². The van der Waals surface area contributed by atoms with Crippen molar-refractivity contribution in [2.75, 3.05) is 5.32 Å². The smallest absolute Gasteiger partial charge is 0.139 e. The van der Waals surface area contributed by atoms with Crippen molar-refractivity contribution in [3.8, 4) is 0 Å². The highest BCUT2D eigenvalue weighted by Crippen LogP contribution is 2.40. The first-order valence-electron chi connectivity index (χ1n) is 9.94. The van der Waals surface area contributed by atoms with Crippen molar-refractivity contribution in [1.29, 1.82) is 0 Å². The number of aromatic nitrogens is 2. The van der Waals surface area contributed by atoms with E-state index in [1.54, 1.807) is 0 Å². The summed E-state index contributed by atoms with van der Waals surface area (Å²) in [4.78, 5) is 12.6. The number of hydrogen-bond acceptors (Lipinski definition) is 4. The van der Waals surface area contributed by atoms with E-state index in [1.807, 2.05) is 17.4 Å². The Bertz CT molecular complexity index is 1100. The van der Waals surface area contributed by atoms with Crippen molar-refractivity contribution in [3.05, 3.63) is 88.1 Å². The number of fused-ring (bicyclic) bond motifs is 3. The summed E-state index contributed by atoms with van der Waals surface area (Å²) in [6, 6.07) is 21.2. The second kappa shape index (κ2) is 7.36. The zero-order chi connectivity index (χ0) is 18.9. The fraction of sp³-hybridized carbons (Fsp3) is 0.250. The summed E-state index contributed by atoms with van der Waals surface area (Å²) in [5.41, 5.74) is 3.98. The molecule has 1 atom stereocenters. The van der Waals surface area contributed by atoms with Gasteiger partial charge in [-0.3, -0.25) is 0 Å². The quantitative estimate of drug-likeness (QED) is 0.462. The molecule has 0 spiro atoms. The highest BCUT2D eigenvalue weighted by Gasteiger charge is 2.23. The number of hydrogen-bond donors (Lipinski definition) is 1. The van der Waals surface area contributed by atoms with Crippen LogP contribution in [0.25, 0.3) is 10.2 Å². The summed E-state index contributed by atoms with van der Waals surface area (Å²) in [6.07, 6.45) is 4.33. The number of nitrogens with zero attached hydrogens (tertiary/aromatic N) is 2. The van der Waals surface area contributed by atoms with Crippen LogP contribution in [0.3, 0.4) is 0 Å². The molecule has 0 saturated heterocycles. The lowest BCUT2D eigenvalue weighted by molar-refractivity contribution is 0.866. The predicted octanol–water partition coefficient (Wildman–Crippen LogP) is 5.94. The van der Waals surface area contributed by atoms with Crippen molar-refractivity contribution < 1.29 is 0 Å². The van der Waals surface area contributed by atoms with Gasteiger partial charge in [0.15, 0.2) is 0 Å². The number of anilines is 1. The monoisotopic (exact) mass is 385 g/mol. The topological polar surface area (TPSA) is 37.8 Å². The lowest BCUT2D eigenvalue weighted by Crippen LogP contribution is -2.10. The molecule has 2 aromatic carbocycles. The molecule has 28 heavy (non-hydrogen) atoms. The van der Waals surface area contributed by atoms with E-state index in [0.29, 0.717) is 0 Å². The molecule has 1 aliphatic rings. The Morgan fingerprint density at radius 3 is 2.50 bits per heavy atom. The molecule has 2 aromatic heterocycles. The minimum absolute atomic E-state index is 0.195. The number of aryl methyl sites for hydroxylation is 2. The molecule has 140 valence electrons. The lowest BCUT2D eigenvalue weighted by atomic mass is 10.1. The van der Waals surface area contributed by atoms with Gasteiger partial charge in [0, 0.05) is 17.3 Å². The zero-order valence-corrected chi connectivity index (χ0v) is 16.8. The average Bonchev–Trinajstić information content (AvgIpc) is 3.30. The second-order valence-corrected chi connectivity index (χ2v) is 8.55. The van der Waals surface area contributed by atoms with E-state index >= 15 is 0 Å². The van der Waals surface area contributed by atoms with Gasteiger partial charge in [-0.25, -0.2) is 9.97 Å². The summed E-state index contributed by atoms with van der Waals surface area (Å²) in [6.45, 7) is 2.20. The maximum absolute atomic E-state index is 5.00. The third-order valence-electron chi connectivity index (χ3n) is 5.47. The SMILES string of the molecule is CC(Nc1nc(Cc2ccccc2)nc2sc3c(c12)CCC3)c1ccccc1. The molecule has 0 amide bonds. The first kappa shape index (κ1) is 17.4. The lowest BCUT2D eigenvalue weighted by Gasteiger charge is -2.17. The second-order valence-electron chi connectivity index (χ2n) is 7.47. The van der Waals surface area contributed by atoms with Gasteiger partial charge in [0.25, 0.3) is 0 Å². The standard InChI is InChI=1S/C24H23N3S/c1-16(18-11-6-3-7-12-18)25-23-22-19-13-8-14-20(19)28-24(22)27-21(26-23)15-17-9-4-2-5-10-17/h2-7,9-12,16H,8,13-15H2,1H3,(H,25,26,27). The van der Waals surface area contributed by atoms with E-state index in [9.17, 15) is 0 Å². The Labute approximate surface area is 169 Å². The van der Waals surface area contributed by atoms with Gasteiger partial charge in [-0.1, -0.05) is 60.7 Å². The van der Waals surface area contributed by atoms with Crippen molar-refractivity contribution >= 4 is 27.4 Å². The van der Waals surface area contributed by atoms with Crippen LogP contribution in [0.2, 0.25) is 0 Å². The van der Waals surface area contributed by atoms with Crippen LogP contribution in [-0.2, 0) is 19.3 Å². The van der Waals surface area contributed by atoms with Gasteiger partial charge in [0.05, 0.1) is 5.39 Å². The molecule has 2 heterocycles. The molecule has 1 N–H and O–H groups in total. The number of rotatable bonds is 5. The maximum Gasteiger partial charge on any atom is 0.139 e. The van der Waals surface area contributed by atoms with E-state index in [2.05, 4.69) is 66.8 Å². The highest BCUT2D eigenvalue weighted by molar-refractivity contribution is 7.19. The third-order valence-corrected chi connectivity index (χ3v) is 6.65. The van der Waals surface area contributed by atoms with Gasteiger partial charge in [-0.2, -0.15) is 0 Å². The van der Waals surface area contributed by atoms with Crippen molar-refractivity contribution in [2.24, 2.45) is 0 Å². The zero-order valence-electron chi connectivity index (χ0n) is 16.0.